The molecule has 3 saturated carbocycles. The number of esters is 1. The molecule has 2 amide bonds. The topological polar surface area (TPSA) is 250 Å². The second kappa shape index (κ2) is 66.9. The molecule has 0 spiro atoms. The van der Waals surface area contributed by atoms with Crippen LogP contribution in [0.5, 0.6) is 0 Å². The predicted molar refractivity (Wildman–Crippen MR) is 560 cm³/mol. The number of nitrogens with one attached hydrogen (secondary N) is 4. The lowest BCUT2D eigenvalue weighted by Gasteiger charge is -2.40. The highest BCUT2D eigenvalue weighted by Crippen LogP contribution is 2.39. The van der Waals surface area contributed by atoms with Crippen molar-refractivity contribution in [2.24, 2.45) is 53.8 Å². The largest absolute Gasteiger partial charge is 0.496 e. The van der Waals surface area contributed by atoms with Crippen LogP contribution in [-0.2, 0) is 38.0 Å². The Bertz CT molecular complexity index is 4900. The van der Waals surface area contributed by atoms with Gasteiger partial charge in [0.1, 0.15) is 24.6 Å². The van der Waals surface area contributed by atoms with Crippen LogP contribution in [0.3, 0.4) is 0 Å². The summed E-state index contributed by atoms with van der Waals surface area (Å²) in [7, 11) is 11.5. The SMILES string of the molecule is C.C/C=C/c1cccnc1.C=C1CCC(C)=NN1.C=C1CCC(C)O1.C=C1CC[C@H](C)C(c2ccc(F)cc2)N1C.CC(=O)N1CCC(C)CC1.CC1CCCCC1.CCCC1NC(=S)N(C)C1=O.CCOC(C)=O.CCSc1ncccn1.CN=C1CCC(C)CC1.CN[C@@H]1CC1C.Cc1cc[n+](C)c2ccccc12.Cc1ccc(=O)n(C)c1.Cc1ccc2c(=O)c(C)c[nH]c2n1. The van der Waals surface area contributed by atoms with Crippen LogP contribution in [0, 0.1) is 63.1 Å². The van der Waals surface area contributed by atoms with Crippen molar-refractivity contribution in [1.29, 1.82) is 0 Å². The summed E-state index contributed by atoms with van der Waals surface area (Å²) < 4.78 is 26.2. The molecule has 8 aliphatic rings. The molecule has 5 aliphatic heterocycles. The lowest BCUT2D eigenvalue weighted by Crippen LogP contribution is -2.36. The quantitative estimate of drug-likeness (QED) is 0.0363. The van der Waals surface area contributed by atoms with E-state index in [4.69, 9.17) is 17.0 Å². The van der Waals surface area contributed by atoms with Gasteiger partial charge >= 0.3 is 5.97 Å². The second-order valence-electron chi connectivity index (χ2n) is 35.1. The Morgan fingerprint density at radius 2 is 1.38 bits per heavy atom. The Labute approximate surface area is 808 Å². The molecule has 7 fully saturated rings. The number of aromatic amines is 1. The molecule has 6 aromatic heterocycles. The van der Waals surface area contributed by atoms with Gasteiger partial charge < -0.3 is 39.5 Å². The van der Waals surface area contributed by atoms with Crippen molar-refractivity contribution in [3.05, 3.63) is 243 Å². The molecule has 732 valence electrons. The Hall–Kier alpha value is -10.4. The number of benzene rings is 2. The number of carbonyl (C=O) groups is 3. The molecular formula is C108H165FN15O7S2+. The highest BCUT2D eigenvalue weighted by atomic mass is 32.2. The average Bonchev–Trinajstić information content (AvgIpc) is 1.75. The lowest BCUT2D eigenvalue weighted by molar-refractivity contribution is -0.644. The molecule has 22 nitrogen and oxygen atoms in total. The summed E-state index contributed by atoms with van der Waals surface area (Å²) >= 11 is 6.56. The van der Waals surface area contributed by atoms with Crippen LogP contribution in [0.15, 0.2) is 208 Å². The number of halogens is 1. The highest BCUT2D eigenvalue weighted by molar-refractivity contribution is 7.99. The first-order chi connectivity index (χ1) is 62.9. The number of hydrogen-bond donors (Lipinski definition) is 4. The van der Waals surface area contributed by atoms with Crippen LogP contribution in [0.2, 0.25) is 0 Å². The number of pyridine rings is 5. The highest BCUT2D eigenvalue weighted by Gasteiger charge is 2.32. The van der Waals surface area contributed by atoms with Gasteiger partial charge in [-0.15, -0.1) is 0 Å². The Kier molecular flexibility index (Phi) is 59.7. The van der Waals surface area contributed by atoms with Crippen LogP contribution >= 0.6 is 24.0 Å². The minimum Gasteiger partial charge on any atom is -0.496 e. The minimum atomic E-state index is -0.211. The number of piperidine rings is 2. The summed E-state index contributed by atoms with van der Waals surface area (Å²) in [5.74, 6) is 6.25. The molecule has 4 saturated heterocycles. The van der Waals surface area contributed by atoms with E-state index in [0.717, 1.165) is 145 Å². The molecule has 133 heavy (non-hydrogen) atoms. The van der Waals surface area contributed by atoms with Crippen molar-refractivity contribution in [2.75, 3.05) is 53.6 Å². The fourth-order valence-corrected chi connectivity index (χ4v) is 15.4. The van der Waals surface area contributed by atoms with Crippen molar-refractivity contribution in [3.8, 4) is 0 Å². The standard InChI is InChI=1S/C14H18FN.C11H12N.C10H10N2O.C8H15NO.C8H15N.C8H9N.C7H12N2OS.C7H9NO.C7H14.C6H8N2S.C6H10N2.C6H10O.C5H11N.C4H8O2.CH4/c1-10-4-5-11(2)16(3)14(10)12-6-8-13(15)9-7-12;1-9-7-8-12(2)11-6-4-3-5-10(9)11;1-6-5-11-10-8(9(6)13)4-3-7(2)12-10;1-7-3-5-9(6-4-7)8(2)10;1-7-3-5-8(9-2)6-4-7;1-2-4-8-5-3-6-9-7-8;1-3-4-5-6(10)9(2)7(11)8-5;1-6-3-4-7(9)8(2)5-6;1-7-5-3-2-4-6-7;1-2-9-6-7-4-3-5-8-6;1-5-3-4-6(2)8-7-5;1-5-3-4-6(2)7-5;1-4-3-5(4)6-2;1-3-6-4(2)5;/h6-10,14H,2,4-5H2,1,3H3;3-8H,1-2H3;3-5H,1-2H3,(H,11,12,13);7H,3-6H2,1-2H3;7H,3-6H2,1-2H3;2-7H,1H3;5H,3-4H2,1-2H3,(H,8,11);3-5H,1-2H3;7H,2-6H2,1H3;3-5H,2H2,1H3;7H,1,3-4H2,2H3;6H,1,3-4H2,2H3;4-6H,3H2,1-2H3;3H2,1-2H3;1H4/q;+1;;;;;;;;;;;;;/b;;;;;4-2+;;;;;;;;;/t10-,14?;;;;;;;;;;;;4?,5-;;/m0...........1../s1. The number of amides is 2. The Morgan fingerprint density at radius 3 is 1.83 bits per heavy atom. The normalized spacial score (nSPS) is 19.0. The number of hydrazone groups is 1. The van der Waals surface area contributed by atoms with E-state index in [2.05, 4.69) is 198 Å². The zero-order chi connectivity index (χ0) is 98.2. The Balaban J connectivity index is 0.000000488. The number of likely N-dealkylation sites (N-methyl/N-ethyl adjacent to an activating group) is 1. The molecule has 11 heterocycles. The van der Waals surface area contributed by atoms with Crippen molar-refractivity contribution < 1.29 is 32.8 Å². The molecule has 3 aliphatic carbocycles. The first-order valence-electron chi connectivity index (χ1n) is 47.3. The maximum Gasteiger partial charge on any atom is 0.302 e. The zero-order valence-electron chi connectivity index (χ0n) is 84.2. The van der Waals surface area contributed by atoms with E-state index in [0.29, 0.717) is 40.8 Å². The van der Waals surface area contributed by atoms with Crippen molar-refractivity contribution in [1.82, 2.24) is 60.2 Å². The number of nitrogens with zero attached hydrogens (tertiary/aromatic N) is 11. The third-order valence-corrected chi connectivity index (χ3v) is 24.4. The minimum absolute atomic E-state index is 0. The number of rotatable bonds is 8. The molecule has 16 rings (SSSR count). The van der Waals surface area contributed by atoms with Gasteiger partial charge in [0, 0.05) is 162 Å². The van der Waals surface area contributed by atoms with E-state index in [-0.39, 0.29) is 48.1 Å². The van der Waals surface area contributed by atoms with Gasteiger partial charge in [-0.3, -0.25) is 44.3 Å². The number of aliphatic imine (C=N–C) groups is 1. The molecule has 25 heteroatoms. The number of fused-ring (bicyclic) bond motifs is 2. The van der Waals surface area contributed by atoms with Crippen LogP contribution < -0.4 is 31.6 Å². The summed E-state index contributed by atoms with van der Waals surface area (Å²) in [6, 6.07) is 31.3. The third-order valence-electron chi connectivity index (χ3n) is 23.3. The fraction of sp³-hybridized carbons (Fsp3) is 0.528. The second-order valence-corrected chi connectivity index (χ2v) is 36.7. The van der Waals surface area contributed by atoms with Gasteiger partial charge in [0.2, 0.25) is 17.0 Å². The number of ether oxygens (including phenoxy) is 2. The predicted octanol–water partition coefficient (Wildman–Crippen LogP) is 23.1. The average molecular weight is 1870 g/mol. The van der Waals surface area contributed by atoms with Crippen LogP contribution in [0.25, 0.3) is 28.0 Å². The van der Waals surface area contributed by atoms with E-state index >= 15 is 0 Å². The molecular weight excluding hydrogens is 1700 g/mol. The molecule has 2 aromatic carbocycles. The van der Waals surface area contributed by atoms with E-state index < -0.39 is 0 Å². The smallest absolute Gasteiger partial charge is 0.302 e. The Morgan fingerprint density at radius 1 is 0.737 bits per heavy atom. The summed E-state index contributed by atoms with van der Waals surface area (Å²) in [5.41, 5.74) is 16.1. The van der Waals surface area contributed by atoms with Crippen molar-refractivity contribution in [3.63, 3.8) is 0 Å². The first kappa shape index (κ1) is 119. The number of aromatic nitrogens is 7. The van der Waals surface area contributed by atoms with Gasteiger partial charge in [-0.1, -0.05) is 174 Å². The first-order valence-corrected chi connectivity index (χ1v) is 48.7. The number of hydrogen-bond acceptors (Lipinski definition) is 18. The molecule has 6 atom stereocenters. The van der Waals surface area contributed by atoms with E-state index in [1.165, 1.54) is 134 Å². The molecule has 0 radical (unpaired) electrons. The van der Waals surface area contributed by atoms with Crippen molar-refractivity contribution in [2.45, 2.75) is 283 Å². The fourth-order valence-electron chi connectivity index (χ4n) is 14.6. The summed E-state index contributed by atoms with van der Waals surface area (Å²) in [4.78, 5) is 83.3. The van der Waals surface area contributed by atoms with E-state index in [1.54, 1.807) is 82.0 Å². The number of thiocarbonyl (C=S) groups is 1. The molecule has 4 N–H and O–H groups in total. The zero-order valence-corrected chi connectivity index (χ0v) is 85.8. The van der Waals surface area contributed by atoms with Gasteiger partial charge in [0.05, 0.1) is 29.9 Å². The number of aryl methyl sites for hydroxylation is 6. The van der Waals surface area contributed by atoms with Gasteiger partial charge in [0.25, 0.3) is 5.91 Å². The van der Waals surface area contributed by atoms with Crippen molar-refractivity contribution >= 4 is 86.3 Å². The maximum absolute atomic E-state index is 12.9. The summed E-state index contributed by atoms with van der Waals surface area (Å²) in [6.07, 6.45) is 41.9. The number of allylic oxidation sites excluding steroid dienone is 4. The molecule has 8 aromatic rings. The van der Waals surface area contributed by atoms with Gasteiger partial charge in [-0.2, -0.15) is 5.10 Å². The lowest BCUT2D eigenvalue weighted by atomic mass is 9.85. The summed E-state index contributed by atoms with van der Waals surface area (Å²) in [6.45, 7) is 48.2. The van der Waals surface area contributed by atoms with Gasteiger partial charge in [-0.05, 0) is 258 Å². The number of para-hydroxylation sites is 1. The number of carbonyl (C=O) groups excluding carboxylic acids is 3. The summed E-state index contributed by atoms with van der Waals surface area (Å²) in [5, 5.41) is 13.5. The third kappa shape index (κ3) is 48.9. The number of H-pyrrole nitrogens is 1. The van der Waals surface area contributed by atoms with Gasteiger partial charge in [0.15, 0.2) is 21.9 Å². The van der Waals surface area contributed by atoms with Gasteiger partial charge in [-0.25, -0.2) is 23.9 Å². The molecule has 4 unspecified atom stereocenters. The van der Waals surface area contributed by atoms with E-state index in [1.807, 2.05) is 120 Å². The maximum atomic E-state index is 12.9. The number of likely N-dealkylation sites (tertiary alicyclic amines) is 2. The van der Waals surface area contributed by atoms with E-state index in [9.17, 15) is 28.4 Å². The molecule has 0 bridgehead atoms. The van der Waals surface area contributed by atoms with Crippen LogP contribution in [0.4, 0.5) is 4.39 Å². The monoisotopic (exact) mass is 1870 g/mol. The van der Waals surface area contributed by atoms with Crippen LogP contribution in [0.1, 0.15) is 265 Å². The number of thioether (sulfide) groups is 1. The van der Waals surface area contributed by atoms with Crippen LogP contribution in [-0.4, -0.2) is 150 Å².